The Hall–Kier alpha value is -1.56. The predicted molar refractivity (Wildman–Crippen MR) is 69.1 cm³/mol. The highest BCUT2D eigenvalue weighted by Crippen LogP contribution is 2.26. The van der Waals surface area contributed by atoms with E-state index >= 15 is 0 Å². The Labute approximate surface area is 108 Å². The largest absolute Gasteiger partial charge is 0.501 e. The van der Waals surface area contributed by atoms with Gasteiger partial charge in [0.2, 0.25) is 0 Å². The summed E-state index contributed by atoms with van der Waals surface area (Å²) in [6, 6.07) is 0. The van der Waals surface area contributed by atoms with Crippen molar-refractivity contribution in [3.8, 4) is 0 Å². The highest BCUT2D eigenvalue weighted by molar-refractivity contribution is 9.10. The van der Waals surface area contributed by atoms with E-state index in [0.717, 1.165) is 0 Å². The van der Waals surface area contributed by atoms with Gasteiger partial charge in [-0.05, 0) is 28.9 Å². The molecule has 0 fully saturated rings. The molecular formula is C11H13BrN2O3. The standard InChI is InChI=1S/C11H13BrN2O3/c1-3-17-5-4-7-9(11(15)16)8(12)6-14-10(7)13-2/h4-6H,3H2,1-2H3,(H,13,14)(H,15,16)/b5-4+. The van der Waals surface area contributed by atoms with Gasteiger partial charge in [-0.3, -0.25) is 0 Å². The zero-order valence-corrected chi connectivity index (χ0v) is 11.1. The highest BCUT2D eigenvalue weighted by atomic mass is 79.9. The first kappa shape index (κ1) is 13.5. The van der Waals surface area contributed by atoms with E-state index in [1.807, 2.05) is 6.92 Å². The molecule has 2 N–H and O–H groups in total. The molecule has 0 spiro atoms. The van der Waals surface area contributed by atoms with E-state index in [2.05, 4.69) is 26.2 Å². The summed E-state index contributed by atoms with van der Waals surface area (Å²) in [5.41, 5.74) is 0.628. The van der Waals surface area contributed by atoms with Crippen LogP contribution in [-0.2, 0) is 4.74 Å². The van der Waals surface area contributed by atoms with Crippen LogP contribution in [0.5, 0.6) is 0 Å². The maximum Gasteiger partial charge on any atom is 0.337 e. The third-order valence-electron chi connectivity index (χ3n) is 2.02. The Balaban J connectivity index is 3.30. The second kappa shape index (κ2) is 6.24. The maximum absolute atomic E-state index is 11.2. The van der Waals surface area contributed by atoms with E-state index in [9.17, 15) is 4.79 Å². The van der Waals surface area contributed by atoms with Crippen LogP contribution in [0.2, 0.25) is 0 Å². The van der Waals surface area contributed by atoms with Crippen LogP contribution in [0.25, 0.3) is 6.08 Å². The van der Waals surface area contributed by atoms with Gasteiger partial charge in [-0.1, -0.05) is 0 Å². The zero-order valence-electron chi connectivity index (χ0n) is 9.53. The van der Waals surface area contributed by atoms with Crippen molar-refractivity contribution in [3.63, 3.8) is 0 Å². The molecule has 0 saturated carbocycles. The van der Waals surface area contributed by atoms with Crippen LogP contribution in [0.4, 0.5) is 5.82 Å². The second-order valence-electron chi connectivity index (χ2n) is 3.06. The molecule has 0 atom stereocenters. The molecule has 6 heteroatoms. The summed E-state index contributed by atoms with van der Waals surface area (Å²) < 4.78 is 5.50. The van der Waals surface area contributed by atoms with Gasteiger partial charge < -0.3 is 15.2 Å². The molecule has 1 rings (SSSR count). The van der Waals surface area contributed by atoms with Gasteiger partial charge in [0.05, 0.1) is 22.9 Å². The Morgan fingerprint density at radius 3 is 2.94 bits per heavy atom. The van der Waals surface area contributed by atoms with E-state index in [1.54, 1.807) is 13.1 Å². The van der Waals surface area contributed by atoms with Crippen molar-refractivity contribution < 1.29 is 14.6 Å². The van der Waals surface area contributed by atoms with Crippen LogP contribution in [0, 0.1) is 0 Å². The van der Waals surface area contributed by atoms with E-state index in [0.29, 0.717) is 22.5 Å². The predicted octanol–water partition coefficient (Wildman–Crippen LogP) is 2.59. The van der Waals surface area contributed by atoms with Crippen molar-refractivity contribution >= 4 is 33.8 Å². The number of hydrogen-bond acceptors (Lipinski definition) is 4. The van der Waals surface area contributed by atoms with E-state index in [-0.39, 0.29) is 5.56 Å². The van der Waals surface area contributed by atoms with Gasteiger partial charge in [-0.15, -0.1) is 0 Å². The lowest BCUT2D eigenvalue weighted by atomic mass is 10.1. The molecule has 92 valence electrons. The minimum atomic E-state index is -1.02. The van der Waals surface area contributed by atoms with Crippen molar-refractivity contribution in [3.05, 3.63) is 28.1 Å². The van der Waals surface area contributed by atoms with Gasteiger partial charge >= 0.3 is 5.97 Å². The molecule has 0 aromatic carbocycles. The molecule has 0 bridgehead atoms. The van der Waals surface area contributed by atoms with Crippen LogP contribution in [0.1, 0.15) is 22.8 Å². The number of hydrogen-bond donors (Lipinski definition) is 2. The third kappa shape index (κ3) is 3.20. The normalized spacial score (nSPS) is 10.5. The molecule has 0 aliphatic heterocycles. The monoisotopic (exact) mass is 300 g/mol. The first-order valence-corrected chi connectivity index (χ1v) is 5.78. The number of anilines is 1. The number of pyridine rings is 1. The van der Waals surface area contributed by atoms with Crippen LogP contribution < -0.4 is 5.32 Å². The number of carboxylic acid groups (broad SMARTS) is 1. The fourth-order valence-corrected chi connectivity index (χ4v) is 1.78. The summed E-state index contributed by atoms with van der Waals surface area (Å²) in [7, 11) is 1.68. The molecule has 0 amide bonds. The lowest BCUT2D eigenvalue weighted by Gasteiger charge is -2.09. The summed E-state index contributed by atoms with van der Waals surface area (Å²) in [5.74, 6) is -0.534. The molecule has 1 aromatic heterocycles. The van der Waals surface area contributed by atoms with E-state index in [4.69, 9.17) is 9.84 Å². The molecule has 0 saturated heterocycles. The van der Waals surface area contributed by atoms with Crippen molar-refractivity contribution in [2.45, 2.75) is 6.92 Å². The van der Waals surface area contributed by atoms with Gasteiger partial charge in [0.1, 0.15) is 5.82 Å². The number of aromatic nitrogens is 1. The third-order valence-corrected chi connectivity index (χ3v) is 2.62. The van der Waals surface area contributed by atoms with Crippen molar-refractivity contribution in [1.82, 2.24) is 4.98 Å². The molecular weight excluding hydrogens is 288 g/mol. The van der Waals surface area contributed by atoms with Gasteiger partial charge in [0.25, 0.3) is 0 Å². The second-order valence-corrected chi connectivity index (χ2v) is 3.91. The SMILES string of the molecule is CCO/C=C/c1c(NC)ncc(Br)c1C(=O)O. The Kier molecular flexibility index (Phi) is 4.96. The molecule has 0 radical (unpaired) electrons. The molecule has 1 aromatic rings. The summed E-state index contributed by atoms with van der Waals surface area (Å²) in [5, 5.41) is 12.0. The van der Waals surface area contributed by atoms with Crippen LogP contribution in [-0.4, -0.2) is 29.7 Å². The van der Waals surface area contributed by atoms with E-state index in [1.165, 1.54) is 12.5 Å². The summed E-state index contributed by atoms with van der Waals surface area (Å²) in [4.78, 5) is 15.3. The summed E-state index contributed by atoms with van der Waals surface area (Å²) >= 11 is 3.17. The fourth-order valence-electron chi connectivity index (χ4n) is 1.29. The summed E-state index contributed by atoms with van der Waals surface area (Å²) in [6.07, 6.45) is 4.49. The Bertz CT molecular complexity index is 447. The lowest BCUT2D eigenvalue weighted by molar-refractivity contribution is 0.0695. The number of ether oxygens (including phenoxy) is 1. The van der Waals surface area contributed by atoms with E-state index < -0.39 is 5.97 Å². The first-order chi connectivity index (χ1) is 8.11. The Morgan fingerprint density at radius 1 is 1.71 bits per heavy atom. The van der Waals surface area contributed by atoms with Crippen molar-refractivity contribution in [2.75, 3.05) is 19.0 Å². The topological polar surface area (TPSA) is 71.5 Å². The number of carbonyl (C=O) groups is 1. The number of carboxylic acids is 1. The molecule has 1 heterocycles. The number of nitrogens with zero attached hydrogens (tertiary/aromatic N) is 1. The minimum absolute atomic E-state index is 0.153. The molecule has 0 aliphatic rings. The molecule has 0 unspecified atom stereocenters. The van der Waals surface area contributed by atoms with Gasteiger partial charge in [0, 0.05) is 18.8 Å². The highest BCUT2D eigenvalue weighted by Gasteiger charge is 2.16. The number of halogens is 1. The average molecular weight is 301 g/mol. The smallest absolute Gasteiger partial charge is 0.337 e. The number of aromatic carboxylic acids is 1. The van der Waals surface area contributed by atoms with Crippen LogP contribution >= 0.6 is 15.9 Å². The number of rotatable bonds is 5. The maximum atomic E-state index is 11.2. The van der Waals surface area contributed by atoms with Crippen molar-refractivity contribution in [1.29, 1.82) is 0 Å². The van der Waals surface area contributed by atoms with Crippen LogP contribution in [0.15, 0.2) is 16.9 Å². The average Bonchev–Trinajstić information content (AvgIpc) is 2.29. The van der Waals surface area contributed by atoms with Gasteiger partial charge in [-0.25, -0.2) is 9.78 Å². The number of nitrogens with one attached hydrogen (secondary N) is 1. The van der Waals surface area contributed by atoms with Gasteiger partial charge in [-0.2, -0.15) is 0 Å². The molecule has 0 aliphatic carbocycles. The molecule has 5 nitrogen and oxygen atoms in total. The summed E-state index contributed by atoms with van der Waals surface area (Å²) in [6.45, 7) is 2.37. The lowest BCUT2D eigenvalue weighted by Crippen LogP contribution is -2.06. The quantitative estimate of drug-likeness (QED) is 0.818. The molecule has 17 heavy (non-hydrogen) atoms. The first-order valence-electron chi connectivity index (χ1n) is 4.99. The Morgan fingerprint density at radius 2 is 2.41 bits per heavy atom. The minimum Gasteiger partial charge on any atom is -0.501 e. The zero-order chi connectivity index (χ0) is 12.8. The van der Waals surface area contributed by atoms with Crippen LogP contribution in [0.3, 0.4) is 0 Å². The van der Waals surface area contributed by atoms with Gasteiger partial charge in [0.15, 0.2) is 0 Å². The van der Waals surface area contributed by atoms with Crippen molar-refractivity contribution in [2.24, 2.45) is 0 Å². The fraction of sp³-hybridized carbons (Fsp3) is 0.273.